The van der Waals surface area contributed by atoms with Crippen LogP contribution in [0, 0.1) is 0 Å². The molecule has 0 aliphatic carbocycles. The molecule has 2 atom stereocenters. The second kappa shape index (κ2) is 8.08. The highest BCUT2D eigenvalue weighted by Gasteiger charge is 2.15. The smallest absolute Gasteiger partial charge is 0.164 e. The Morgan fingerprint density at radius 1 is 1.14 bits per heavy atom. The summed E-state index contributed by atoms with van der Waals surface area (Å²) in [5, 5.41) is 14.1. The van der Waals surface area contributed by atoms with Crippen LogP contribution in [0.15, 0.2) is 54.6 Å². The van der Waals surface area contributed by atoms with Gasteiger partial charge in [-0.15, -0.1) is 0 Å². The van der Waals surface area contributed by atoms with Crippen molar-refractivity contribution in [1.82, 2.24) is 5.32 Å². The van der Waals surface area contributed by atoms with Crippen molar-refractivity contribution in [3.63, 3.8) is 0 Å². The molecule has 4 heteroatoms. The molecule has 2 aromatic rings. The maximum Gasteiger partial charge on any atom is 0.164 e. The molecule has 0 heterocycles. The highest BCUT2D eigenvalue weighted by molar-refractivity contribution is 6.30. The maximum atomic E-state index is 12.0. The Morgan fingerprint density at radius 3 is 2.41 bits per heavy atom. The zero-order valence-corrected chi connectivity index (χ0v) is 13.3. The van der Waals surface area contributed by atoms with Crippen LogP contribution in [0.4, 0.5) is 0 Å². The van der Waals surface area contributed by atoms with E-state index >= 15 is 0 Å². The molecule has 0 amide bonds. The number of aliphatic hydroxyl groups is 1. The Morgan fingerprint density at radius 2 is 1.77 bits per heavy atom. The summed E-state index contributed by atoms with van der Waals surface area (Å²) >= 11 is 5.80. The van der Waals surface area contributed by atoms with Crippen molar-refractivity contribution < 1.29 is 9.90 Å². The monoisotopic (exact) mass is 317 g/mol. The number of carbonyl (C=O) groups excluding carboxylic acids is 1. The summed E-state index contributed by atoms with van der Waals surface area (Å²) in [7, 11) is 0. The summed E-state index contributed by atoms with van der Waals surface area (Å²) in [5.74, 6) is 0.0607. The van der Waals surface area contributed by atoms with Gasteiger partial charge in [0.2, 0.25) is 0 Å². The predicted octanol–water partition coefficient (Wildman–Crippen LogP) is 3.62. The molecule has 0 saturated carbocycles. The van der Waals surface area contributed by atoms with Gasteiger partial charge in [0.15, 0.2) is 5.78 Å². The number of Topliss-reactive ketones (excluding diaryl/α,β-unsaturated/α-hetero) is 1. The van der Waals surface area contributed by atoms with Crippen LogP contribution in [-0.4, -0.2) is 23.5 Å². The van der Waals surface area contributed by atoms with Crippen molar-refractivity contribution in [2.24, 2.45) is 0 Å². The van der Waals surface area contributed by atoms with E-state index in [-0.39, 0.29) is 11.8 Å². The molecule has 0 aromatic heterocycles. The molecule has 22 heavy (non-hydrogen) atoms. The van der Waals surface area contributed by atoms with Gasteiger partial charge in [0.1, 0.15) is 0 Å². The van der Waals surface area contributed by atoms with Crippen molar-refractivity contribution in [1.29, 1.82) is 0 Å². The van der Waals surface area contributed by atoms with E-state index in [0.29, 0.717) is 23.6 Å². The summed E-state index contributed by atoms with van der Waals surface area (Å²) in [6, 6.07) is 16.3. The molecule has 0 unspecified atom stereocenters. The maximum absolute atomic E-state index is 12.0. The minimum Gasteiger partial charge on any atom is -0.387 e. The molecule has 2 aromatic carbocycles. The third kappa shape index (κ3) is 4.67. The standard InChI is InChI=1S/C18H20ClNO2/c1-13(18(22)15-5-3-2-4-6-15)20-12-11-17(21)14-7-9-16(19)10-8-14/h2-10,13,18,20,22H,11-12H2,1H3/t13-,18-/m0/s1. The Bertz CT molecular complexity index is 598. The van der Waals surface area contributed by atoms with E-state index in [0.717, 1.165) is 5.56 Å². The average molecular weight is 318 g/mol. The summed E-state index contributed by atoms with van der Waals surface area (Å²) in [4.78, 5) is 12.0. The van der Waals surface area contributed by atoms with Crippen LogP contribution in [0.1, 0.15) is 35.4 Å². The van der Waals surface area contributed by atoms with Crippen LogP contribution in [0.3, 0.4) is 0 Å². The van der Waals surface area contributed by atoms with Crippen LogP contribution in [-0.2, 0) is 0 Å². The van der Waals surface area contributed by atoms with Gasteiger partial charge >= 0.3 is 0 Å². The van der Waals surface area contributed by atoms with E-state index in [1.54, 1.807) is 24.3 Å². The zero-order chi connectivity index (χ0) is 15.9. The second-order valence-electron chi connectivity index (χ2n) is 5.28. The van der Waals surface area contributed by atoms with Gasteiger partial charge in [-0.1, -0.05) is 41.9 Å². The van der Waals surface area contributed by atoms with Crippen LogP contribution >= 0.6 is 11.6 Å². The molecular weight excluding hydrogens is 298 g/mol. The summed E-state index contributed by atoms with van der Waals surface area (Å²) in [6.45, 7) is 2.43. The van der Waals surface area contributed by atoms with Gasteiger partial charge in [-0.05, 0) is 36.8 Å². The number of aliphatic hydroxyl groups excluding tert-OH is 1. The van der Waals surface area contributed by atoms with E-state index in [2.05, 4.69) is 5.32 Å². The highest BCUT2D eigenvalue weighted by Crippen LogP contribution is 2.16. The van der Waals surface area contributed by atoms with Gasteiger partial charge in [0.25, 0.3) is 0 Å². The number of benzene rings is 2. The first-order chi connectivity index (χ1) is 10.6. The minimum absolute atomic E-state index is 0.0607. The van der Waals surface area contributed by atoms with Crippen molar-refractivity contribution in [2.75, 3.05) is 6.54 Å². The van der Waals surface area contributed by atoms with Crippen molar-refractivity contribution in [3.8, 4) is 0 Å². The number of nitrogens with one attached hydrogen (secondary N) is 1. The van der Waals surface area contributed by atoms with Gasteiger partial charge < -0.3 is 10.4 Å². The lowest BCUT2D eigenvalue weighted by Crippen LogP contribution is -2.33. The molecule has 0 aliphatic heterocycles. The molecule has 0 bridgehead atoms. The number of hydrogen-bond donors (Lipinski definition) is 2. The molecule has 2 rings (SSSR count). The lowest BCUT2D eigenvalue weighted by molar-refractivity contribution is 0.0972. The zero-order valence-electron chi connectivity index (χ0n) is 12.5. The predicted molar refractivity (Wildman–Crippen MR) is 89.3 cm³/mol. The normalized spacial score (nSPS) is 13.6. The average Bonchev–Trinajstić information content (AvgIpc) is 2.55. The van der Waals surface area contributed by atoms with Gasteiger partial charge in [-0.2, -0.15) is 0 Å². The molecular formula is C18H20ClNO2. The Kier molecular flexibility index (Phi) is 6.13. The number of halogens is 1. The molecule has 0 aliphatic rings. The largest absolute Gasteiger partial charge is 0.387 e. The van der Waals surface area contributed by atoms with E-state index in [1.165, 1.54) is 0 Å². The molecule has 0 radical (unpaired) electrons. The number of ketones is 1. The molecule has 0 saturated heterocycles. The first-order valence-corrected chi connectivity index (χ1v) is 7.71. The summed E-state index contributed by atoms with van der Waals surface area (Å²) in [6.07, 6.45) is -0.208. The molecule has 3 nitrogen and oxygen atoms in total. The fraction of sp³-hybridized carbons (Fsp3) is 0.278. The fourth-order valence-corrected chi connectivity index (χ4v) is 2.37. The third-order valence-corrected chi connectivity index (χ3v) is 3.85. The topological polar surface area (TPSA) is 49.3 Å². The van der Waals surface area contributed by atoms with Crippen molar-refractivity contribution in [3.05, 3.63) is 70.7 Å². The molecule has 116 valence electrons. The Labute approximate surface area is 135 Å². The Balaban J connectivity index is 1.80. The van der Waals surface area contributed by atoms with E-state index in [9.17, 15) is 9.90 Å². The van der Waals surface area contributed by atoms with Crippen LogP contribution in [0.5, 0.6) is 0 Å². The second-order valence-corrected chi connectivity index (χ2v) is 5.71. The quantitative estimate of drug-likeness (QED) is 0.767. The van der Waals surface area contributed by atoms with E-state index < -0.39 is 6.10 Å². The van der Waals surface area contributed by atoms with Gasteiger partial charge in [0, 0.05) is 29.6 Å². The van der Waals surface area contributed by atoms with E-state index in [4.69, 9.17) is 11.6 Å². The first kappa shape index (κ1) is 16.7. The lowest BCUT2D eigenvalue weighted by Gasteiger charge is -2.20. The van der Waals surface area contributed by atoms with Gasteiger partial charge in [0.05, 0.1) is 6.10 Å². The third-order valence-electron chi connectivity index (χ3n) is 3.60. The lowest BCUT2D eigenvalue weighted by atomic mass is 10.0. The summed E-state index contributed by atoms with van der Waals surface area (Å²) in [5.41, 5.74) is 1.52. The van der Waals surface area contributed by atoms with Crippen LogP contribution < -0.4 is 5.32 Å². The van der Waals surface area contributed by atoms with Crippen molar-refractivity contribution in [2.45, 2.75) is 25.5 Å². The fourth-order valence-electron chi connectivity index (χ4n) is 2.24. The van der Waals surface area contributed by atoms with Crippen molar-refractivity contribution >= 4 is 17.4 Å². The van der Waals surface area contributed by atoms with Crippen LogP contribution in [0.2, 0.25) is 5.02 Å². The summed E-state index contributed by atoms with van der Waals surface area (Å²) < 4.78 is 0. The molecule has 2 N–H and O–H groups in total. The first-order valence-electron chi connectivity index (χ1n) is 7.33. The number of hydrogen-bond acceptors (Lipinski definition) is 3. The number of carbonyl (C=O) groups is 1. The van der Waals surface area contributed by atoms with Gasteiger partial charge in [-0.25, -0.2) is 0 Å². The highest BCUT2D eigenvalue weighted by atomic mass is 35.5. The molecule has 0 spiro atoms. The SMILES string of the molecule is C[C@H](NCCC(=O)c1ccc(Cl)cc1)[C@H](O)c1ccccc1. The van der Waals surface area contributed by atoms with E-state index in [1.807, 2.05) is 37.3 Å². The number of rotatable bonds is 7. The molecule has 0 fully saturated rings. The minimum atomic E-state index is -0.591. The van der Waals surface area contributed by atoms with Crippen LogP contribution in [0.25, 0.3) is 0 Å². The Hall–Kier alpha value is -1.68. The van der Waals surface area contributed by atoms with Gasteiger partial charge in [-0.3, -0.25) is 4.79 Å².